The van der Waals surface area contributed by atoms with Gasteiger partial charge in [0.1, 0.15) is 0 Å². The molecule has 0 aliphatic rings. The van der Waals surface area contributed by atoms with Gasteiger partial charge in [0.05, 0.1) is 0 Å². The van der Waals surface area contributed by atoms with Crippen molar-refractivity contribution in [2.45, 2.75) is 85.7 Å². The summed E-state index contributed by atoms with van der Waals surface area (Å²) in [6, 6.07) is 1.25. The van der Waals surface area contributed by atoms with Crippen molar-refractivity contribution in [3.63, 3.8) is 0 Å². The predicted molar refractivity (Wildman–Crippen MR) is 80.7 cm³/mol. The highest BCUT2D eigenvalue weighted by molar-refractivity contribution is 4.55. The van der Waals surface area contributed by atoms with Crippen LogP contribution < -0.4 is 10.6 Å². The van der Waals surface area contributed by atoms with Gasteiger partial charge in [-0.1, -0.05) is 60.8 Å². The van der Waals surface area contributed by atoms with E-state index in [4.69, 9.17) is 0 Å². The molecule has 0 spiro atoms. The van der Waals surface area contributed by atoms with Gasteiger partial charge < -0.3 is 10.6 Å². The molecule has 2 N–H and O–H groups in total. The summed E-state index contributed by atoms with van der Waals surface area (Å²) in [6.45, 7) is 15.5. The zero-order chi connectivity index (χ0) is 13.5. The molecule has 0 rings (SSSR count). The molecular weight excluding hydrogens is 208 g/mol. The van der Waals surface area contributed by atoms with Crippen LogP contribution in [-0.4, -0.2) is 25.2 Å². The summed E-state index contributed by atoms with van der Waals surface area (Å²) < 4.78 is 0. The van der Waals surface area contributed by atoms with Gasteiger partial charge in [0.25, 0.3) is 0 Å². The Morgan fingerprint density at radius 2 is 1.18 bits per heavy atom. The highest BCUT2D eigenvalue weighted by atomic mass is 14.9. The van der Waals surface area contributed by atoms with Crippen LogP contribution in [0, 0.1) is 0 Å². The first kappa shape index (κ1) is 19.3. The van der Waals surface area contributed by atoms with Crippen LogP contribution >= 0.6 is 0 Å². The van der Waals surface area contributed by atoms with E-state index in [1.54, 1.807) is 0 Å². The molecule has 0 saturated heterocycles. The van der Waals surface area contributed by atoms with Crippen molar-refractivity contribution in [1.29, 1.82) is 0 Å². The van der Waals surface area contributed by atoms with E-state index in [-0.39, 0.29) is 0 Å². The molecule has 0 aromatic heterocycles. The highest BCUT2D eigenvalue weighted by Crippen LogP contribution is 1.91. The normalized spacial score (nSPS) is 10.6. The summed E-state index contributed by atoms with van der Waals surface area (Å²) in [4.78, 5) is 0. The molecule has 0 radical (unpaired) electrons. The molecule has 0 saturated carbocycles. The minimum atomic E-state index is 0.625. The van der Waals surface area contributed by atoms with E-state index in [2.05, 4.69) is 52.2 Å². The summed E-state index contributed by atoms with van der Waals surface area (Å²) in [5, 5.41) is 6.73. The quantitative estimate of drug-likeness (QED) is 0.600. The molecule has 17 heavy (non-hydrogen) atoms. The Morgan fingerprint density at radius 1 is 0.706 bits per heavy atom. The lowest BCUT2D eigenvalue weighted by Gasteiger charge is -2.10. The van der Waals surface area contributed by atoms with E-state index >= 15 is 0 Å². The Hall–Kier alpha value is -0.0800. The van der Waals surface area contributed by atoms with Crippen LogP contribution in [0.2, 0.25) is 0 Å². The van der Waals surface area contributed by atoms with Gasteiger partial charge in [-0.05, 0) is 25.9 Å². The minimum Gasteiger partial charge on any atom is -0.317 e. The molecule has 0 atom stereocenters. The van der Waals surface area contributed by atoms with Crippen LogP contribution in [0.3, 0.4) is 0 Å². The van der Waals surface area contributed by atoms with E-state index < -0.39 is 0 Å². The Bertz CT molecular complexity index is 108. The largest absolute Gasteiger partial charge is 0.317 e. The average molecular weight is 244 g/mol. The molecule has 0 unspecified atom stereocenters. The summed E-state index contributed by atoms with van der Waals surface area (Å²) in [5.41, 5.74) is 0. The van der Waals surface area contributed by atoms with Crippen molar-refractivity contribution in [2.75, 3.05) is 13.1 Å². The van der Waals surface area contributed by atoms with Gasteiger partial charge in [0.15, 0.2) is 0 Å². The van der Waals surface area contributed by atoms with Crippen molar-refractivity contribution in [3.8, 4) is 0 Å². The Morgan fingerprint density at radius 3 is 1.53 bits per heavy atom. The molecule has 0 aliphatic carbocycles. The topological polar surface area (TPSA) is 24.1 Å². The van der Waals surface area contributed by atoms with Crippen molar-refractivity contribution in [3.05, 3.63) is 0 Å². The number of unbranched alkanes of at least 4 members (excludes halogenated alkanes) is 3. The van der Waals surface area contributed by atoms with Gasteiger partial charge in [-0.25, -0.2) is 0 Å². The fourth-order valence-electron chi connectivity index (χ4n) is 1.59. The van der Waals surface area contributed by atoms with Crippen LogP contribution in [0.25, 0.3) is 0 Å². The molecule has 2 heteroatoms. The average Bonchev–Trinajstić information content (AvgIpc) is 2.22. The number of hydrogen-bond acceptors (Lipinski definition) is 2. The molecule has 106 valence electrons. The van der Waals surface area contributed by atoms with Crippen LogP contribution in [-0.2, 0) is 0 Å². The first-order valence-corrected chi connectivity index (χ1v) is 7.51. The second-order valence-electron chi connectivity index (χ2n) is 5.29. The van der Waals surface area contributed by atoms with Gasteiger partial charge in [-0.15, -0.1) is 0 Å². The van der Waals surface area contributed by atoms with Crippen LogP contribution in [0.4, 0.5) is 0 Å². The summed E-state index contributed by atoms with van der Waals surface area (Å²) in [5.74, 6) is 0. The SMILES string of the molecule is CC(C)NC(C)C.CCCCCNCCCC. The second kappa shape index (κ2) is 15.9. The maximum absolute atomic E-state index is 3.42. The molecular formula is C15H36N2. The van der Waals surface area contributed by atoms with Crippen LogP contribution in [0.1, 0.15) is 73.6 Å². The number of rotatable bonds is 9. The maximum Gasteiger partial charge on any atom is 0.00127 e. The molecule has 0 aliphatic heterocycles. The summed E-state index contributed by atoms with van der Waals surface area (Å²) in [7, 11) is 0. The third kappa shape index (κ3) is 25.9. The van der Waals surface area contributed by atoms with Gasteiger partial charge >= 0.3 is 0 Å². The Kier molecular flexibility index (Phi) is 18.0. The first-order chi connectivity index (χ1) is 8.04. The smallest absolute Gasteiger partial charge is 0.00127 e. The molecule has 0 aromatic rings. The van der Waals surface area contributed by atoms with E-state index in [1.165, 1.54) is 45.2 Å². The number of hydrogen-bond donors (Lipinski definition) is 2. The van der Waals surface area contributed by atoms with E-state index in [9.17, 15) is 0 Å². The monoisotopic (exact) mass is 244 g/mol. The van der Waals surface area contributed by atoms with Gasteiger partial charge in [-0.3, -0.25) is 0 Å². The first-order valence-electron chi connectivity index (χ1n) is 7.51. The van der Waals surface area contributed by atoms with Crippen LogP contribution in [0.5, 0.6) is 0 Å². The fourth-order valence-corrected chi connectivity index (χ4v) is 1.59. The maximum atomic E-state index is 3.42. The zero-order valence-electron chi connectivity index (χ0n) is 13.1. The molecule has 0 amide bonds. The van der Waals surface area contributed by atoms with E-state index in [1.807, 2.05) is 0 Å². The summed E-state index contributed by atoms with van der Waals surface area (Å²) in [6.07, 6.45) is 6.68. The van der Waals surface area contributed by atoms with Crippen molar-refractivity contribution in [1.82, 2.24) is 10.6 Å². The number of nitrogens with one attached hydrogen (secondary N) is 2. The molecule has 2 nitrogen and oxygen atoms in total. The van der Waals surface area contributed by atoms with Gasteiger partial charge in [-0.2, -0.15) is 0 Å². The predicted octanol–water partition coefficient (Wildman–Crippen LogP) is 3.96. The lowest BCUT2D eigenvalue weighted by molar-refractivity contribution is 0.518. The third-order valence-corrected chi connectivity index (χ3v) is 2.33. The zero-order valence-corrected chi connectivity index (χ0v) is 13.1. The second-order valence-corrected chi connectivity index (χ2v) is 5.29. The van der Waals surface area contributed by atoms with Crippen molar-refractivity contribution in [2.24, 2.45) is 0 Å². The fraction of sp³-hybridized carbons (Fsp3) is 1.00. The molecule has 0 heterocycles. The summed E-state index contributed by atoms with van der Waals surface area (Å²) >= 11 is 0. The Labute approximate surface area is 110 Å². The Balaban J connectivity index is 0. The molecule has 0 bridgehead atoms. The standard InChI is InChI=1S/C9H21N.C6H15N/c1-3-5-7-9-10-8-6-4-2;1-5(2)7-6(3)4/h10H,3-9H2,1-2H3;5-7H,1-4H3. The third-order valence-electron chi connectivity index (χ3n) is 2.33. The van der Waals surface area contributed by atoms with Crippen molar-refractivity contribution >= 4 is 0 Å². The van der Waals surface area contributed by atoms with E-state index in [0.29, 0.717) is 12.1 Å². The molecule has 0 aromatic carbocycles. The lowest BCUT2D eigenvalue weighted by Crippen LogP contribution is -2.29. The van der Waals surface area contributed by atoms with Gasteiger partial charge in [0, 0.05) is 12.1 Å². The van der Waals surface area contributed by atoms with Crippen LogP contribution in [0.15, 0.2) is 0 Å². The lowest BCUT2D eigenvalue weighted by atomic mass is 10.2. The van der Waals surface area contributed by atoms with Crippen molar-refractivity contribution < 1.29 is 0 Å². The minimum absolute atomic E-state index is 0.625. The van der Waals surface area contributed by atoms with E-state index in [0.717, 1.165) is 0 Å². The van der Waals surface area contributed by atoms with Gasteiger partial charge in [0.2, 0.25) is 0 Å². The highest BCUT2D eigenvalue weighted by Gasteiger charge is 1.92. The molecule has 0 fully saturated rings.